The molecule has 0 spiro atoms. The first-order chi connectivity index (χ1) is 18.2. The van der Waals surface area contributed by atoms with Gasteiger partial charge in [-0.05, 0) is 36.4 Å². The van der Waals surface area contributed by atoms with E-state index in [0.717, 1.165) is 0 Å². The fraction of sp³-hybridized carbons (Fsp3) is 0.222. The van der Waals surface area contributed by atoms with Gasteiger partial charge < -0.3 is 28.4 Å². The minimum Gasteiger partial charge on any atom is -0.497 e. The molecule has 0 unspecified atom stereocenters. The number of benzene rings is 3. The van der Waals surface area contributed by atoms with E-state index in [0.29, 0.717) is 17.2 Å². The summed E-state index contributed by atoms with van der Waals surface area (Å²) in [5.74, 6) is 0.953. The van der Waals surface area contributed by atoms with E-state index in [1.807, 2.05) is 0 Å². The second kappa shape index (κ2) is 11.8. The lowest BCUT2D eigenvalue weighted by molar-refractivity contribution is 0.0999. The van der Waals surface area contributed by atoms with Gasteiger partial charge in [-0.2, -0.15) is 0 Å². The summed E-state index contributed by atoms with van der Waals surface area (Å²) in [6.45, 7) is 0. The van der Waals surface area contributed by atoms with Crippen LogP contribution in [0.5, 0.6) is 34.5 Å². The lowest BCUT2D eigenvalue weighted by atomic mass is 10.2. The Balaban J connectivity index is 2.30. The van der Waals surface area contributed by atoms with Crippen LogP contribution >= 0.6 is 7.14 Å². The molecule has 0 N–H and O–H groups in total. The molecule has 3 aromatic rings. The molecule has 11 heteroatoms. The average Bonchev–Trinajstić information content (AvgIpc) is 2.98. The fourth-order valence-electron chi connectivity index (χ4n) is 3.71. The standard InChI is InChI=1S/C27H27O10P/c1-32-16-7-10-19(22(13-16)35-4)25(28)38(31,26(29)20-11-8-17(33-2)14-23(20)36-5)27(30)21-12-9-18(34-3)15-24(21)37-6/h7-15H,1-6H3. The van der Waals surface area contributed by atoms with Crippen LogP contribution in [0.4, 0.5) is 0 Å². The van der Waals surface area contributed by atoms with E-state index in [-0.39, 0.29) is 33.9 Å². The van der Waals surface area contributed by atoms with Crippen LogP contribution in [0.1, 0.15) is 31.1 Å². The van der Waals surface area contributed by atoms with E-state index >= 15 is 0 Å². The molecule has 0 saturated heterocycles. The van der Waals surface area contributed by atoms with Gasteiger partial charge in [-0.3, -0.25) is 18.9 Å². The van der Waals surface area contributed by atoms with Gasteiger partial charge in [-0.25, -0.2) is 0 Å². The van der Waals surface area contributed by atoms with Gasteiger partial charge in [0.2, 0.25) is 16.6 Å². The number of carbonyl (C=O) groups excluding carboxylic acids is 3. The van der Waals surface area contributed by atoms with Crippen molar-refractivity contribution in [3.8, 4) is 34.5 Å². The molecule has 0 bridgehead atoms. The molecule has 200 valence electrons. The largest absolute Gasteiger partial charge is 0.497 e. The molecule has 38 heavy (non-hydrogen) atoms. The van der Waals surface area contributed by atoms with Gasteiger partial charge >= 0.3 is 0 Å². The van der Waals surface area contributed by atoms with E-state index < -0.39 is 23.7 Å². The Morgan fingerprint density at radius 2 is 0.737 bits per heavy atom. The van der Waals surface area contributed by atoms with E-state index in [1.165, 1.54) is 97.3 Å². The first kappa shape index (κ1) is 28.3. The number of rotatable bonds is 12. The van der Waals surface area contributed by atoms with E-state index in [1.54, 1.807) is 0 Å². The first-order valence-electron chi connectivity index (χ1n) is 11.1. The molecule has 3 aromatic carbocycles. The highest BCUT2D eigenvalue weighted by Crippen LogP contribution is 2.57. The lowest BCUT2D eigenvalue weighted by Crippen LogP contribution is -2.20. The van der Waals surface area contributed by atoms with Gasteiger partial charge in [0.1, 0.15) is 34.5 Å². The highest BCUT2D eigenvalue weighted by Gasteiger charge is 2.50. The smallest absolute Gasteiger partial charge is 0.287 e. The summed E-state index contributed by atoms with van der Waals surface area (Å²) < 4.78 is 46.1. The van der Waals surface area contributed by atoms with Crippen LogP contribution in [0, 0.1) is 0 Å². The first-order valence-corrected chi connectivity index (χ1v) is 12.8. The average molecular weight is 542 g/mol. The number of methoxy groups -OCH3 is 6. The van der Waals surface area contributed by atoms with Crippen molar-refractivity contribution in [2.75, 3.05) is 42.7 Å². The molecule has 0 heterocycles. The van der Waals surface area contributed by atoms with Crippen LogP contribution < -0.4 is 28.4 Å². The van der Waals surface area contributed by atoms with Crippen molar-refractivity contribution in [1.82, 2.24) is 0 Å². The Morgan fingerprint density at radius 3 is 0.947 bits per heavy atom. The molecule has 0 aliphatic rings. The minimum atomic E-state index is -5.13. The summed E-state index contributed by atoms with van der Waals surface area (Å²) in [5.41, 5.74) is -4.37. The van der Waals surface area contributed by atoms with Crippen LogP contribution in [0.25, 0.3) is 0 Å². The maximum atomic E-state index is 14.7. The van der Waals surface area contributed by atoms with Gasteiger partial charge in [-0.1, -0.05) is 0 Å². The zero-order chi connectivity index (χ0) is 28.0. The van der Waals surface area contributed by atoms with Gasteiger partial charge in [0.05, 0.1) is 59.3 Å². The van der Waals surface area contributed by atoms with Crippen LogP contribution in [0.2, 0.25) is 0 Å². The molecule has 0 atom stereocenters. The second-order valence-corrected chi connectivity index (χ2v) is 10.2. The predicted octanol–water partition coefficient (Wildman–Crippen LogP) is 4.92. The summed E-state index contributed by atoms with van der Waals surface area (Å²) in [5, 5.41) is 0. The van der Waals surface area contributed by atoms with Crippen LogP contribution in [0.15, 0.2) is 54.6 Å². The Hall–Kier alpha value is -4.30. The van der Waals surface area contributed by atoms with E-state index in [2.05, 4.69) is 0 Å². The SMILES string of the molecule is COc1ccc(C(=O)P(=O)(C(=O)c2ccc(OC)cc2OC)C(=O)c2ccc(OC)cc2OC)c(OC)c1. The molecule has 3 rings (SSSR count). The van der Waals surface area contributed by atoms with Crippen LogP contribution in [-0.4, -0.2) is 59.2 Å². The van der Waals surface area contributed by atoms with Crippen molar-refractivity contribution < 1.29 is 47.4 Å². The molecular weight excluding hydrogens is 515 g/mol. The van der Waals surface area contributed by atoms with Gasteiger partial charge in [0.25, 0.3) is 7.14 Å². The predicted molar refractivity (Wildman–Crippen MR) is 139 cm³/mol. The third-order valence-electron chi connectivity index (χ3n) is 5.78. The summed E-state index contributed by atoms with van der Waals surface area (Å²) in [6.07, 6.45) is 0. The number of ether oxygens (including phenoxy) is 6. The molecule has 0 aliphatic carbocycles. The Bertz CT molecular complexity index is 1260. The van der Waals surface area contributed by atoms with E-state index in [4.69, 9.17) is 28.4 Å². The highest BCUT2D eigenvalue weighted by molar-refractivity contribution is 8.07. The van der Waals surface area contributed by atoms with Gasteiger partial charge in [-0.15, -0.1) is 0 Å². The van der Waals surface area contributed by atoms with Crippen LogP contribution in [0.3, 0.4) is 0 Å². The molecular formula is C27H27O10P. The molecule has 0 amide bonds. The van der Waals surface area contributed by atoms with Gasteiger partial charge in [0.15, 0.2) is 0 Å². The number of hydrogen-bond acceptors (Lipinski definition) is 10. The zero-order valence-electron chi connectivity index (χ0n) is 21.7. The Labute approximate surface area is 219 Å². The molecule has 10 nitrogen and oxygen atoms in total. The summed E-state index contributed by atoms with van der Waals surface area (Å²) >= 11 is 0. The monoisotopic (exact) mass is 542 g/mol. The summed E-state index contributed by atoms with van der Waals surface area (Å²) in [4.78, 5) is 41.9. The fourth-order valence-corrected chi connectivity index (χ4v) is 5.84. The maximum Gasteiger partial charge on any atom is 0.287 e. The normalized spacial score (nSPS) is 10.8. The molecule has 0 saturated carbocycles. The molecule has 0 fully saturated rings. The third kappa shape index (κ3) is 5.08. The Morgan fingerprint density at radius 1 is 0.474 bits per heavy atom. The quantitative estimate of drug-likeness (QED) is 0.291. The maximum absolute atomic E-state index is 14.7. The van der Waals surface area contributed by atoms with Crippen molar-refractivity contribution in [2.24, 2.45) is 0 Å². The summed E-state index contributed by atoms with van der Waals surface area (Å²) in [6, 6.07) is 12.3. The molecule has 0 radical (unpaired) electrons. The zero-order valence-corrected chi connectivity index (χ0v) is 22.6. The van der Waals surface area contributed by atoms with Gasteiger partial charge in [0, 0.05) is 18.2 Å². The van der Waals surface area contributed by atoms with Crippen molar-refractivity contribution in [2.45, 2.75) is 0 Å². The highest BCUT2D eigenvalue weighted by atomic mass is 31.2. The number of hydrogen-bond donors (Lipinski definition) is 0. The molecule has 0 aliphatic heterocycles. The lowest BCUT2D eigenvalue weighted by Gasteiger charge is -2.19. The van der Waals surface area contributed by atoms with Crippen LogP contribution in [-0.2, 0) is 4.57 Å². The number of carbonyl (C=O) groups is 3. The van der Waals surface area contributed by atoms with Crippen molar-refractivity contribution >= 4 is 23.7 Å². The molecule has 0 aromatic heterocycles. The minimum absolute atomic E-state index is 0.0291. The van der Waals surface area contributed by atoms with Crippen molar-refractivity contribution in [3.05, 3.63) is 71.3 Å². The third-order valence-corrected chi connectivity index (χ3v) is 8.21. The second-order valence-electron chi connectivity index (χ2n) is 7.72. The summed E-state index contributed by atoms with van der Waals surface area (Å²) in [7, 11) is 2.99. The van der Waals surface area contributed by atoms with Crippen molar-refractivity contribution in [1.29, 1.82) is 0 Å². The van der Waals surface area contributed by atoms with Crippen molar-refractivity contribution in [3.63, 3.8) is 0 Å². The Kier molecular flexibility index (Phi) is 8.80. The topological polar surface area (TPSA) is 124 Å². The van der Waals surface area contributed by atoms with E-state index in [9.17, 15) is 18.9 Å².